The van der Waals surface area contributed by atoms with Gasteiger partial charge in [0, 0.05) is 13.0 Å². The fraction of sp³-hybridized carbons (Fsp3) is 0.600. The van der Waals surface area contributed by atoms with E-state index in [0.29, 0.717) is 12.4 Å². The van der Waals surface area contributed by atoms with Crippen LogP contribution in [0, 0.1) is 5.41 Å². The highest BCUT2D eigenvalue weighted by Gasteiger charge is 2.41. The Morgan fingerprint density at radius 2 is 2.24 bits per heavy atom. The van der Waals surface area contributed by atoms with E-state index >= 15 is 0 Å². The first-order valence-corrected chi connectivity index (χ1v) is 5.31. The zero-order valence-corrected chi connectivity index (χ0v) is 9.88. The predicted molar refractivity (Wildman–Crippen MR) is 59.0 cm³/mol. The summed E-state index contributed by atoms with van der Waals surface area (Å²) in [5, 5.41) is 13.0. The Morgan fingerprint density at radius 1 is 1.59 bits per heavy atom. The molecule has 0 bridgehead atoms. The van der Waals surface area contributed by atoms with Crippen LogP contribution in [0.1, 0.15) is 26.1 Å². The molecule has 1 unspecified atom stereocenters. The van der Waals surface area contributed by atoms with Gasteiger partial charge in [-0.2, -0.15) is 5.10 Å². The van der Waals surface area contributed by atoms with Crippen LogP contribution in [0.5, 0.6) is 0 Å². The number of rotatable bonds is 6. The molecule has 3 N–H and O–H groups in total. The Balaban J connectivity index is 2.98. The van der Waals surface area contributed by atoms with Gasteiger partial charge in [-0.15, -0.1) is 0 Å². The topological polar surface area (TPSA) is 111 Å². The zero-order valence-electron chi connectivity index (χ0n) is 9.88. The van der Waals surface area contributed by atoms with Crippen molar-refractivity contribution in [3.8, 4) is 0 Å². The van der Waals surface area contributed by atoms with Crippen molar-refractivity contribution in [2.75, 3.05) is 0 Å². The van der Waals surface area contributed by atoms with E-state index in [0.717, 1.165) is 6.42 Å². The van der Waals surface area contributed by atoms with Gasteiger partial charge in [-0.3, -0.25) is 14.3 Å². The number of hydrogen-bond donors (Lipinski definition) is 2. The standard InChI is InChI=1S/C10H16N4O3/c1-3-4-14-7(12-6-13-14)5-10(2,8(11)15)9(16)17/h6H,3-5H2,1-2H3,(H2,11,15)(H,16,17). The number of carbonyl (C=O) groups is 2. The first-order valence-electron chi connectivity index (χ1n) is 5.31. The maximum atomic E-state index is 11.2. The number of primary amides is 1. The maximum Gasteiger partial charge on any atom is 0.319 e. The highest BCUT2D eigenvalue weighted by molar-refractivity contribution is 6.00. The van der Waals surface area contributed by atoms with Crippen LogP contribution in [-0.4, -0.2) is 31.7 Å². The lowest BCUT2D eigenvalue weighted by Crippen LogP contribution is -2.43. The summed E-state index contributed by atoms with van der Waals surface area (Å²) in [5.74, 6) is -1.68. The summed E-state index contributed by atoms with van der Waals surface area (Å²) in [6.45, 7) is 3.89. The number of nitrogens with two attached hydrogens (primary N) is 1. The van der Waals surface area contributed by atoms with Crippen molar-refractivity contribution in [3.63, 3.8) is 0 Å². The van der Waals surface area contributed by atoms with Gasteiger partial charge in [0.05, 0.1) is 0 Å². The average Bonchev–Trinajstić information content (AvgIpc) is 2.65. The van der Waals surface area contributed by atoms with Crippen LogP contribution in [0.2, 0.25) is 0 Å². The molecule has 1 rings (SSSR count). The second-order valence-corrected chi connectivity index (χ2v) is 4.08. The Bertz CT molecular complexity index is 413. The second kappa shape index (κ2) is 4.94. The molecule has 1 amide bonds. The van der Waals surface area contributed by atoms with Gasteiger partial charge in [-0.05, 0) is 13.3 Å². The van der Waals surface area contributed by atoms with Gasteiger partial charge in [0.15, 0.2) is 0 Å². The summed E-state index contributed by atoms with van der Waals surface area (Å²) in [5.41, 5.74) is 3.48. The minimum atomic E-state index is -1.65. The summed E-state index contributed by atoms with van der Waals surface area (Å²) in [7, 11) is 0. The summed E-state index contributed by atoms with van der Waals surface area (Å²) in [6, 6.07) is 0. The highest BCUT2D eigenvalue weighted by atomic mass is 16.4. The van der Waals surface area contributed by atoms with Gasteiger partial charge in [0.25, 0.3) is 0 Å². The molecule has 1 atom stereocenters. The summed E-state index contributed by atoms with van der Waals surface area (Å²) < 4.78 is 1.59. The van der Waals surface area contributed by atoms with Crippen molar-refractivity contribution >= 4 is 11.9 Å². The van der Waals surface area contributed by atoms with Gasteiger partial charge in [0.1, 0.15) is 17.6 Å². The van der Waals surface area contributed by atoms with Gasteiger partial charge >= 0.3 is 5.97 Å². The molecule has 0 saturated heterocycles. The third-order valence-electron chi connectivity index (χ3n) is 2.66. The lowest BCUT2D eigenvalue weighted by Gasteiger charge is -2.20. The fourth-order valence-electron chi connectivity index (χ4n) is 1.41. The first-order chi connectivity index (χ1) is 7.91. The van der Waals surface area contributed by atoms with Gasteiger partial charge < -0.3 is 10.8 Å². The molecule has 0 saturated carbocycles. The van der Waals surface area contributed by atoms with E-state index in [-0.39, 0.29) is 6.42 Å². The maximum absolute atomic E-state index is 11.2. The van der Waals surface area contributed by atoms with Crippen LogP contribution >= 0.6 is 0 Å². The molecule has 0 aliphatic rings. The van der Waals surface area contributed by atoms with Crippen molar-refractivity contribution < 1.29 is 14.7 Å². The highest BCUT2D eigenvalue weighted by Crippen LogP contribution is 2.21. The molecule has 0 fully saturated rings. The molecule has 7 heteroatoms. The quantitative estimate of drug-likeness (QED) is 0.669. The number of carboxylic acids is 1. The lowest BCUT2D eigenvalue weighted by atomic mass is 9.86. The number of aromatic nitrogens is 3. The van der Waals surface area contributed by atoms with Gasteiger partial charge in [-0.25, -0.2) is 4.98 Å². The lowest BCUT2D eigenvalue weighted by molar-refractivity contribution is -0.153. The Hall–Kier alpha value is -1.92. The molecule has 0 radical (unpaired) electrons. The molecule has 17 heavy (non-hydrogen) atoms. The first kappa shape index (κ1) is 13.1. The largest absolute Gasteiger partial charge is 0.480 e. The van der Waals surface area contributed by atoms with E-state index in [4.69, 9.17) is 10.8 Å². The third kappa shape index (κ3) is 2.61. The molecule has 0 aliphatic carbocycles. The van der Waals surface area contributed by atoms with E-state index in [1.54, 1.807) is 4.68 Å². The molecule has 1 aromatic rings. The van der Waals surface area contributed by atoms with Crippen LogP contribution < -0.4 is 5.73 Å². The predicted octanol–water partition coefficient (Wildman–Crippen LogP) is -0.193. The SMILES string of the molecule is CCCn1ncnc1CC(C)(C(N)=O)C(=O)O. The van der Waals surface area contributed by atoms with Crippen LogP contribution in [0.15, 0.2) is 6.33 Å². The van der Waals surface area contributed by atoms with Crippen molar-refractivity contribution in [2.45, 2.75) is 33.2 Å². The number of amides is 1. The number of aryl methyl sites for hydroxylation is 1. The normalized spacial score (nSPS) is 14.2. The zero-order chi connectivity index (χ0) is 13.1. The number of carboxylic acid groups (broad SMARTS) is 1. The van der Waals surface area contributed by atoms with Gasteiger partial charge in [0.2, 0.25) is 5.91 Å². The van der Waals surface area contributed by atoms with Crippen molar-refractivity contribution in [2.24, 2.45) is 11.1 Å². The number of nitrogens with zero attached hydrogens (tertiary/aromatic N) is 3. The van der Waals surface area contributed by atoms with Crippen molar-refractivity contribution in [1.29, 1.82) is 0 Å². The molecule has 1 heterocycles. The van der Waals surface area contributed by atoms with E-state index in [1.807, 2.05) is 6.92 Å². The van der Waals surface area contributed by atoms with Crippen LogP contribution in [0.3, 0.4) is 0 Å². The summed E-state index contributed by atoms with van der Waals surface area (Å²) in [6.07, 6.45) is 2.13. The average molecular weight is 240 g/mol. The van der Waals surface area contributed by atoms with Crippen LogP contribution in [-0.2, 0) is 22.6 Å². The third-order valence-corrected chi connectivity index (χ3v) is 2.66. The monoisotopic (exact) mass is 240 g/mol. The Labute approximate surface area is 98.6 Å². The van der Waals surface area contributed by atoms with E-state index in [1.165, 1.54) is 13.3 Å². The molecular formula is C10H16N4O3. The van der Waals surface area contributed by atoms with Crippen molar-refractivity contribution in [1.82, 2.24) is 14.8 Å². The molecule has 1 aromatic heterocycles. The second-order valence-electron chi connectivity index (χ2n) is 4.08. The van der Waals surface area contributed by atoms with E-state index in [2.05, 4.69) is 10.1 Å². The minimum Gasteiger partial charge on any atom is -0.480 e. The molecule has 94 valence electrons. The minimum absolute atomic E-state index is 0.0579. The smallest absolute Gasteiger partial charge is 0.319 e. The molecule has 0 aliphatic heterocycles. The Kier molecular flexibility index (Phi) is 3.82. The van der Waals surface area contributed by atoms with E-state index in [9.17, 15) is 9.59 Å². The van der Waals surface area contributed by atoms with Gasteiger partial charge in [-0.1, -0.05) is 6.92 Å². The fourth-order valence-corrected chi connectivity index (χ4v) is 1.41. The van der Waals surface area contributed by atoms with Crippen LogP contribution in [0.25, 0.3) is 0 Å². The summed E-state index contributed by atoms with van der Waals surface area (Å²) >= 11 is 0. The molecular weight excluding hydrogens is 224 g/mol. The Morgan fingerprint density at radius 3 is 2.71 bits per heavy atom. The molecule has 7 nitrogen and oxygen atoms in total. The van der Waals surface area contributed by atoms with Crippen molar-refractivity contribution in [3.05, 3.63) is 12.2 Å². The summed E-state index contributed by atoms with van der Waals surface area (Å²) in [4.78, 5) is 26.3. The van der Waals surface area contributed by atoms with Crippen LogP contribution in [0.4, 0.5) is 0 Å². The molecule has 0 spiro atoms. The number of carbonyl (C=O) groups excluding carboxylic acids is 1. The molecule has 0 aromatic carbocycles. The number of hydrogen-bond acceptors (Lipinski definition) is 4. The number of aliphatic carboxylic acids is 1. The van der Waals surface area contributed by atoms with E-state index < -0.39 is 17.3 Å².